The molecule has 2 N–H and O–H groups in total. The normalized spacial score (nSPS) is 13.1. The van der Waals surface area contributed by atoms with Gasteiger partial charge >= 0.3 is 5.97 Å². The number of hydrogen-bond acceptors (Lipinski definition) is 4. The molecule has 0 heterocycles. The van der Waals surface area contributed by atoms with Gasteiger partial charge < -0.3 is 4.74 Å². The highest BCUT2D eigenvalue weighted by atomic mass is 32.2. The van der Waals surface area contributed by atoms with Gasteiger partial charge in [0.1, 0.15) is 10.7 Å². The van der Waals surface area contributed by atoms with Crippen LogP contribution in [0.25, 0.3) is 0 Å². The van der Waals surface area contributed by atoms with Gasteiger partial charge in [0.25, 0.3) is 0 Å². The van der Waals surface area contributed by atoms with E-state index in [0.717, 1.165) is 18.2 Å². The quantitative estimate of drug-likeness (QED) is 0.842. The average molecular weight is 275 g/mol. The first kappa shape index (κ1) is 14.6. The molecule has 1 rings (SSSR count). The largest absolute Gasteiger partial charge is 0.459 e. The third-order valence-corrected chi connectivity index (χ3v) is 3.28. The van der Waals surface area contributed by atoms with Gasteiger partial charge in [-0.05, 0) is 31.5 Å². The summed E-state index contributed by atoms with van der Waals surface area (Å²) in [6.07, 6.45) is 0.315. The summed E-state index contributed by atoms with van der Waals surface area (Å²) in [6.45, 7) is 3.53. The fourth-order valence-corrected chi connectivity index (χ4v) is 1.81. The van der Waals surface area contributed by atoms with E-state index in [0.29, 0.717) is 6.42 Å². The molecule has 0 radical (unpaired) electrons. The number of esters is 1. The molecule has 0 aliphatic rings. The standard InChI is InChI=1S/C11H14FNO4S/c1-3-7(2)17-11(14)8-4-5-9(12)10(6-8)18(13,15)16/h4-7H,3H2,1-2H3,(H2,13,15,16). The zero-order valence-corrected chi connectivity index (χ0v) is 10.8. The molecule has 0 fully saturated rings. The zero-order chi connectivity index (χ0) is 13.9. The zero-order valence-electron chi connectivity index (χ0n) is 10.0. The number of carbonyl (C=O) groups is 1. The van der Waals surface area contributed by atoms with E-state index in [1.54, 1.807) is 6.92 Å². The number of nitrogens with two attached hydrogens (primary N) is 1. The van der Waals surface area contributed by atoms with E-state index in [9.17, 15) is 17.6 Å². The third kappa shape index (κ3) is 3.51. The fourth-order valence-electron chi connectivity index (χ4n) is 1.18. The van der Waals surface area contributed by atoms with E-state index < -0.39 is 26.7 Å². The van der Waals surface area contributed by atoms with Crippen LogP contribution in [0.2, 0.25) is 0 Å². The Kier molecular flexibility index (Phi) is 4.42. The van der Waals surface area contributed by atoms with E-state index in [2.05, 4.69) is 0 Å². The molecule has 0 aliphatic heterocycles. The number of ether oxygens (including phenoxy) is 1. The third-order valence-electron chi connectivity index (χ3n) is 2.36. The molecule has 1 unspecified atom stereocenters. The first-order valence-electron chi connectivity index (χ1n) is 5.29. The number of benzene rings is 1. The van der Waals surface area contributed by atoms with Crippen LogP contribution in [0.15, 0.2) is 23.1 Å². The first-order valence-corrected chi connectivity index (χ1v) is 6.83. The summed E-state index contributed by atoms with van der Waals surface area (Å²) in [6, 6.07) is 2.89. The van der Waals surface area contributed by atoms with Gasteiger partial charge in [0.2, 0.25) is 10.0 Å². The van der Waals surface area contributed by atoms with Crippen molar-refractivity contribution in [3.8, 4) is 0 Å². The molecule has 0 aliphatic carbocycles. The minimum atomic E-state index is -4.21. The summed E-state index contributed by atoms with van der Waals surface area (Å²) in [4.78, 5) is 10.9. The van der Waals surface area contributed by atoms with E-state index in [1.807, 2.05) is 6.92 Å². The Morgan fingerprint density at radius 3 is 2.61 bits per heavy atom. The van der Waals surface area contributed by atoms with Crippen LogP contribution in [0, 0.1) is 5.82 Å². The molecule has 5 nitrogen and oxygen atoms in total. The lowest BCUT2D eigenvalue weighted by Crippen LogP contribution is -2.17. The summed E-state index contributed by atoms with van der Waals surface area (Å²) >= 11 is 0. The fraction of sp³-hybridized carbons (Fsp3) is 0.364. The van der Waals surface area contributed by atoms with Crippen molar-refractivity contribution in [1.29, 1.82) is 0 Å². The van der Waals surface area contributed by atoms with Crippen LogP contribution in [0.3, 0.4) is 0 Å². The molecule has 0 saturated heterocycles. The second-order valence-corrected chi connectivity index (χ2v) is 5.34. The molecule has 18 heavy (non-hydrogen) atoms. The first-order chi connectivity index (χ1) is 8.25. The molecule has 1 aromatic carbocycles. The summed E-state index contributed by atoms with van der Waals surface area (Å²) in [7, 11) is -4.21. The lowest BCUT2D eigenvalue weighted by Gasteiger charge is -2.11. The van der Waals surface area contributed by atoms with Gasteiger partial charge in [-0.1, -0.05) is 6.92 Å². The molecule has 0 bridgehead atoms. The maximum Gasteiger partial charge on any atom is 0.338 e. The maximum atomic E-state index is 13.2. The number of carbonyl (C=O) groups excluding carboxylic acids is 1. The average Bonchev–Trinajstić information content (AvgIpc) is 2.27. The smallest absolute Gasteiger partial charge is 0.338 e. The number of primary sulfonamides is 1. The van der Waals surface area contributed by atoms with Crippen LogP contribution in [0.4, 0.5) is 4.39 Å². The van der Waals surface area contributed by atoms with Crippen molar-refractivity contribution in [3.05, 3.63) is 29.6 Å². The predicted molar refractivity (Wildman–Crippen MR) is 62.9 cm³/mol. The van der Waals surface area contributed by atoms with Gasteiger partial charge in [0.15, 0.2) is 0 Å². The Morgan fingerprint density at radius 2 is 2.11 bits per heavy atom. The van der Waals surface area contributed by atoms with Crippen molar-refractivity contribution in [3.63, 3.8) is 0 Å². The highest BCUT2D eigenvalue weighted by molar-refractivity contribution is 7.89. The van der Waals surface area contributed by atoms with Crippen molar-refractivity contribution in [2.75, 3.05) is 0 Å². The Morgan fingerprint density at radius 1 is 1.50 bits per heavy atom. The van der Waals surface area contributed by atoms with Crippen LogP contribution in [0.1, 0.15) is 30.6 Å². The molecule has 0 saturated carbocycles. The molecule has 0 amide bonds. The number of hydrogen-bond donors (Lipinski definition) is 1. The molecule has 1 atom stereocenters. The molecule has 0 spiro atoms. The SMILES string of the molecule is CCC(C)OC(=O)c1ccc(F)c(S(N)(=O)=O)c1. The minimum absolute atomic E-state index is 0.0549. The van der Waals surface area contributed by atoms with Gasteiger partial charge in [-0.3, -0.25) is 0 Å². The van der Waals surface area contributed by atoms with E-state index in [-0.39, 0.29) is 11.7 Å². The van der Waals surface area contributed by atoms with Gasteiger partial charge in [-0.25, -0.2) is 22.7 Å². The van der Waals surface area contributed by atoms with Gasteiger partial charge in [0, 0.05) is 0 Å². The highest BCUT2D eigenvalue weighted by Gasteiger charge is 2.18. The molecule has 7 heteroatoms. The Hall–Kier alpha value is -1.47. The summed E-state index contributed by atoms with van der Waals surface area (Å²) in [5.74, 6) is -1.72. The lowest BCUT2D eigenvalue weighted by molar-refractivity contribution is 0.0334. The van der Waals surface area contributed by atoms with Gasteiger partial charge in [-0.15, -0.1) is 0 Å². The van der Waals surface area contributed by atoms with Crippen LogP contribution in [0.5, 0.6) is 0 Å². The lowest BCUT2D eigenvalue weighted by atomic mass is 10.2. The number of rotatable bonds is 4. The summed E-state index contributed by atoms with van der Waals surface area (Å²) < 4.78 is 40.4. The van der Waals surface area contributed by atoms with Crippen LogP contribution < -0.4 is 5.14 Å². The van der Waals surface area contributed by atoms with E-state index in [1.165, 1.54) is 0 Å². The minimum Gasteiger partial charge on any atom is -0.459 e. The van der Waals surface area contributed by atoms with Gasteiger partial charge in [-0.2, -0.15) is 0 Å². The maximum absolute atomic E-state index is 13.2. The number of halogens is 1. The van der Waals surface area contributed by atoms with Crippen molar-refractivity contribution >= 4 is 16.0 Å². The summed E-state index contributed by atoms with van der Waals surface area (Å²) in [5.41, 5.74) is -0.0549. The molecular formula is C11H14FNO4S. The van der Waals surface area contributed by atoms with Crippen LogP contribution in [-0.4, -0.2) is 20.5 Å². The number of sulfonamides is 1. The topological polar surface area (TPSA) is 86.5 Å². The molecule has 0 aromatic heterocycles. The van der Waals surface area contributed by atoms with Crippen molar-refractivity contribution < 1.29 is 22.3 Å². The van der Waals surface area contributed by atoms with Crippen molar-refractivity contribution in [2.45, 2.75) is 31.3 Å². The second-order valence-electron chi connectivity index (χ2n) is 3.81. The van der Waals surface area contributed by atoms with Crippen LogP contribution >= 0.6 is 0 Å². The molecule has 100 valence electrons. The van der Waals surface area contributed by atoms with E-state index in [4.69, 9.17) is 9.88 Å². The Labute approximate surface area is 105 Å². The van der Waals surface area contributed by atoms with E-state index >= 15 is 0 Å². The van der Waals surface area contributed by atoms with Crippen molar-refractivity contribution in [2.24, 2.45) is 5.14 Å². The summed E-state index contributed by atoms with van der Waals surface area (Å²) in [5, 5.41) is 4.83. The monoisotopic (exact) mass is 275 g/mol. The predicted octanol–water partition coefficient (Wildman–Crippen LogP) is 1.43. The highest BCUT2D eigenvalue weighted by Crippen LogP contribution is 2.16. The molecule has 1 aromatic rings. The second kappa shape index (κ2) is 5.45. The molecular weight excluding hydrogens is 261 g/mol. The van der Waals surface area contributed by atoms with Crippen LogP contribution in [-0.2, 0) is 14.8 Å². The van der Waals surface area contributed by atoms with Gasteiger partial charge in [0.05, 0.1) is 11.7 Å². The Bertz CT molecular complexity index is 556. The Balaban J connectivity index is 3.10. The van der Waals surface area contributed by atoms with Crippen molar-refractivity contribution in [1.82, 2.24) is 0 Å².